The molecule has 1 amide bonds. The molecule has 0 saturated heterocycles. The van der Waals surface area contributed by atoms with Crippen molar-refractivity contribution in [2.75, 3.05) is 7.05 Å². The summed E-state index contributed by atoms with van der Waals surface area (Å²) in [5, 5.41) is 7.99. The summed E-state index contributed by atoms with van der Waals surface area (Å²) in [4.78, 5) is 12.1. The van der Waals surface area contributed by atoms with Gasteiger partial charge in [-0.3, -0.25) is 9.48 Å². The van der Waals surface area contributed by atoms with Crippen molar-refractivity contribution in [2.45, 2.75) is 25.4 Å². The van der Waals surface area contributed by atoms with Gasteiger partial charge in [0.25, 0.3) is 0 Å². The molecule has 1 atom stereocenters. The zero-order valence-electron chi connectivity index (χ0n) is 12.1. The molecule has 0 aliphatic heterocycles. The number of primary amides is 1. The van der Waals surface area contributed by atoms with E-state index in [9.17, 15) is 4.79 Å². The molecule has 112 valence electrons. The van der Waals surface area contributed by atoms with Gasteiger partial charge >= 0.3 is 0 Å². The minimum Gasteiger partial charge on any atom is -0.368 e. The average molecular weight is 307 g/mol. The molecule has 1 heterocycles. The summed E-state index contributed by atoms with van der Waals surface area (Å²) in [5.74, 6) is -0.411. The summed E-state index contributed by atoms with van der Waals surface area (Å²) < 4.78 is 1.73. The van der Waals surface area contributed by atoms with E-state index in [-0.39, 0.29) is 0 Å². The Bertz CT molecular complexity index is 606. The van der Waals surface area contributed by atoms with E-state index in [4.69, 9.17) is 17.3 Å². The van der Waals surface area contributed by atoms with Crippen LogP contribution in [0.25, 0.3) is 0 Å². The zero-order chi connectivity index (χ0) is 15.5. The molecule has 5 nitrogen and oxygen atoms in total. The molecule has 0 aliphatic rings. The minimum absolute atomic E-state index is 0.411. The third-order valence-corrected chi connectivity index (χ3v) is 4.09. The molecule has 0 bridgehead atoms. The number of halogens is 1. The van der Waals surface area contributed by atoms with E-state index < -0.39 is 11.4 Å². The second-order valence-corrected chi connectivity index (χ2v) is 5.37. The van der Waals surface area contributed by atoms with Crippen molar-refractivity contribution < 1.29 is 4.79 Å². The van der Waals surface area contributed by atoms with Crippen molar-refractivity contribution >= 4 is 17.5 Å². The number of nitrogens with two attached hydrogens (primary N) is 1. The molecule has 2 rings (SSSR count). The molecule has 1 aromatic carbocycles. The Morgan fingerprint density at radius 2 is 2.10 bits per heavy atom. The van der Waals surface area contributed by atoms with Gasteiger partial charge in [-0.2, -0.15) is 5.10 Å². The van der Waals surface area contributed by atoms with Crippen molar-refractivity contribution in [3.63, 3.8) is 0 Å². The highest BCUT2D eigenvalue weighted by Gasteiger charge is 2.36. The lowest BCUT2D eigenvalue weighted by atomic mass is 9.86. The Hall–Kier alpha value is -1.85. The van der Waals surface area contributed by atoms with E-state index in [2.05, 4.69) is 10.4 Å². The first-order chi connectivity index (χ1) is 9.99. The molecule has 0 aliphatic carbocycles. The lowest BCUT2D eigenvalue weighted by molar-refractivity contribution is -0.125. The average Bonchev–Trinajstić information content (AvgIpc) is 2.80. The van der Waals surface area contributed by atoms with Gasteiger partial charge in [0.2, 0.25) is 5.91 Å². The number of nitrogens with one attached hydrogen (secondary N) is 1. The summed E-state index contributed by atoms with van der Waals surface area (Å²) in [6.07, 6.45) is 2.24. The number of hydrogen-bond donors (Lipinski definition) is 2. The van der Waals surface area contributed by atoms with Crippen LogP contribution in [0.5, 0.6) is 0 Å². The predicted octanol–water partition coefficient (Wildman–Crippen LogP) is 1.84. The van der Waals surface area contributed by atoms with Crippen molar-refractivity contribution in [3.05, 3.63) is 52.8 Å². The van der Waals surface area contributed by atoms with Gasteiger partial charge in [0.1, 0.15) is 5.54 Å². The third kappa shape index (κ3) is 3.09. The van der Waals surface area contributed by atoms with Gasteiger partial charge in [0.15, 0.2) is 0 Å². The summed E-state index contributed by atoms with van der Waals surface area (Å²) >= 11 is 6.00. The second kappa shape index (κ2) is 6.28. The molecule has 3 N–H and O–H groups in total. The molecule has 0 fully saturated rings. The largest absolute Gasteiger partial charge is 0.368 e. The fourth-order valence-electron chi connectivity index (χ4n) is 2.42. The molecule has 21 heavy (non-hydrogen) atoms. The van der Waals surface area contributed by atoms with Crippen LogP contribution >= 0.6 is 11.6 Å². The maximum Gasteiger partial charge on any atom is 0.242 e. The molecular weight excluding hydrogens is 288 g/mol. The SMILES string of the molecule is CNC(CCn1cc(Cl)c(C)n1)(C(N)=O)c1ccccc1. The maximum atomic E-state index is 12.1. The number of carbonyl (C=O) groups excluding carboxylic acids is 1. The molecule has 0 spiro atoms. The number of nitrogens with zero attached hydrogens (tertiary/aromatic N) is 2. The van der Waals surface area contributed by atoms with Gasteiger partial charge in [-0.05, 0) is 26.0 Å². The van der Waals surface area contributed by atoms with E-state index in [1.807, 2.05) is 37.3 Å². The number of carbonyl (C=O) groups is 1. The smallest absolute Gasteiger partial charge is 0.242 e. The van der Waals surface area contributed by atoms with Crippen LogP contribution in [0.15, 0.2) is 36.5 Å². The van der Waals surface area contributed by atoms with E-state index in [1.54, 1.807) is 17.9 Å². The van der Waals surface area contributed by atoms with Crippen molar-refractivity contribution in [1.82, 2.24) is 15.1 Å². The molecule has 1 unspecified atom stereocenters. The van der Waals surface area contributed by atoms with Crippen LogP contribution in [0, 0.1) is 6.92 Å². The monoisotopic (exact) mass is 306 g/mol. The highest BCUT2D eigenvalue weighted by molar-refractivity contribution is 6.31. The van der Waals surface area contributed by atoms with Crippen LogP contribution in [-0.2, 0) is 16.9 Å². The molecular formula is C15H19ClN4O. The lowest BCUT2D eigenvalue weighted by Gasteiger charge is -2.30. The van der Waals surface area contributed by atoms with E-state index >= 15 is 0 Å². The first-order valence-electron chi connectivity index (χ1n) is 6.73. The number of likely N-dealkylation sites (N-methyl/N-ethyl adjacent to an activating group) is 1. The zero-order valence-corrected chi connectivity index (χ0v) is 12.9. The van der Waals surface area contributed by atoms with Crippen molar-refractivity contribution in [1.29, 1.82) is 0 Å². The van der Waals surface area contributed by atoms with Crippen molar-refractivity contribution in [3.8, 4) is 0 Å². The second-order valence-electron chi connectivity index (χ2n) is 4.96. The van der Waals surface area contributed by atoms with Gasteiger partial charge in [0, 0.05) is 12.7 Å². The van der Waals surface area contributed by atoms with Gasteiger partial charge in [-0.1, -0.05) is 41.9 Å². The summed E-state index contributed by atoms with van der Waals surface area (Å²) in [7, 11) is 1.74. The number of benzene rings is 1. The Kier molecular flexibility index (Phi) is 4.65. The van der Waals surface area contributed by atoms with Crippen LogP contribution in [-0.4, -0.2) is 22.7 Å². The Morgan fingerprint density at radius 1 is 1.43 bits per heavy atom. The Balaban J connectivity index is 2.27. The fourth-order valence-corrected chi connectivity index (χ4v) is 2.57. The van der Waals surface area contributed by atoms with Crippen LogP contribution in [0.1, 0.15) is 17.7 Å². The maximum absolute atomic E-state index is 12.1. The predicted molar refractivity (Wildman–Crippen MR) is 83.0 cm³/mol. The number of hydrogen-bond acceptors (Lipinski definition) is 3. The number of amides is 1. The van der Waals surface area contributed by atoms with E-state index in [1.165, 1.54) is 0 Å². The van der Waals surface area contributed by atoms with Crippen molar-refractivity contribution in [2.24, 2.45) is 5.73 Å². The Morgan fingerprint density at radius 3 is 2.57 bits per heavy atom. The summed E-state index contributed by atoms with van der Waals surface area (Å²) in [5.41, 5.74) is 6.34. The quantitative estimate of drug-likeness (QED) is 0.855. The molecule has 1 aromatic heterocycles. The van der Waals surface area contributed by atoms with Gasteiger partial charge in [-0.25, -0.2) is 0 Å². The normalized spacial score (nSPS) is 13.9. The van der Waals surface area contributed by atoms with Gasteiger partial charge < -0.3 is 11.1 Å². The summed E-state index contributed by atoms with van der Waals surface area (Å²) in [6, 6.07) is 9.46. The standard InChI is InChI=1S/C15H19ClN4O/c1-11-13(16)10-20(19-11)9-8-15(18-2,14(17)21)12-6-4-3-5-7-12/h3-7,10,18H,8-9H2,1-2H3,(H2,17,21). The van der Waals surface area contributed by atoms with Crippen LogP contribution < -0.4 is 11.1 Å². The van der Waals surface area contributed by atoms with Gasteiger partial charge in [-0.15, -0.1) is 0 Å². The first-order valence-corrected chi connectivity index (χ1v) is 7.11. The third-order valence-electron chi connectivity index (χ3n) is 3.72. The highest BCUT2D eigenvalue weighted by Crippen LogP contribution is 2.25. The number of aromatic nitrogens is 2. The number of rotatable bonds is 6. The van der Waals surface area contributed by atoms with E-state index in [0.717, 1.165) is 11.3 Å². The lowest BCUT2D eigenvalue weighted by Crippen LogP contribution is -2.51. The number of aryl methyl sites for hydroxylation is 2. The van der Waals surface area contributed by atoms with E-state index in [0.29, 0.717) is 18.0 Å². The van der Waals surface area contributed by atoms with Crippen LogP contribution in [0.4, 0.5) is 0 Å². The molecule has 2 aromatic rings. The molecule has 0 radical (unpaired) electrons. The first kappa shape index (κ1) is 15.5. The molecule has 6 heteroatoms. The topological polar surface area (TPSA) is 72.9 Å². The van der Waals surface area contributed by atoms with Crippen LogP contribution in [0.2, 0.25) is 5.02 Å². The van der Waals surface area contributed by atoms with Crippen LogP contribution in [0.3, 0.4) is 0 Å². The fraction of sp³-hybridized carbons (Fsp3) is 0.333. The minimum atomic E-state index is -0.923. The summed E-state index contributed by atoms with van der Waals surface area (Å²) in [6.45, 7) is 2.38. The Labute approximate surface area is 129 Å². The highest BCUT2D eigenvalue weighted by atomic mass is 35.5. The van der Waals surface area contributed by atoms with Gasteiger partial charge in [0.05, 0.1) is 10.7 Å². The molecule has 0 saturated carbocycles.